The molecule has 0 spiro atoms. The SMILES string of the molecule is COC(=O)C1CCC(CNC(=O)CC2=CCCCC2=N)CC1. The maximum atomic E-state index is 12.0. The molecule has 122 valence electrons. The summed E-state index contributed by atoms with van der Waals surface area (Å²) in [7, 11) is 1.44. The van der Waals surface area contributed by atoms with Crippen LogP contribution in [0.4, 0.5) is 0 Å². The van der Waals surface area contributed by atoms with Crippen LogP contribution in [0.1, 0.15) is 51.4 Å². The Balaban J connectivity index is 1.68. The van der Waals surface area contributed by atoms with Gasteiger partial charge in [-0.1, -0.05) is 6.08 Å². The zero-order valence-corrected chi connectivity index (χ0v) is 13.3. The fourth-order valence-electron chi connectivity index (χ4n) is 3.28. The number of hydrogen-bond donors (Lipinski definition) is 2. The highest BCUT2D eigenvalue weighted by molar-refractivity contribution is 6.02. The molecule has 2 aliphatic rings. The van der Waals surface area contributed by atoms with E-state index < -0.39 is 0 Å². The van der Waals surface area contributed by atoms with Crippen molar-refractivity contribution >= 4 is 17.6 Å². The number of amides is 1. The third-order valence-electron chi connectivity index (χ3n) is 4.73. The monoisotopic (exact) mass is 306 g/mol. The molecule has 0 heterocycles. The minimum atomic E-state index is -0.106. The Kier molecular flexibility index (Phi) is 6.16. The Morgan fingerprint density at radius 2 is 2.05 bits per heavy atom. The lowest BCUT2D eigenvalue weighted by atomic mass is 9.82. The fourth-order valence-corrected chi connectivity index (χ4v) is 3.28. The summed E-state index contributed by atoms with van der Waals surface area (Å²) in [6.45, 7) is 0.674. The number of nitrogens with one attached hydrogen (secondary N) is 2. The molecule has 0 aromatic rings. The van der Waals surface area contributed by atoms with Gasteiger partial charge in [-0.25, -0.2) is 0 Å². The number of carbonyl (C=O) groups excluding carboxylic acids is 2. The van der Waals surface area contributed by atoms with Crippen molar-refractivity contribution in [2.75, 3.05) is 13.7 Å². The summed E-state index contributed by atoms with van der Waals surface area (Å²) >= 11 is 0. The van der Waals surface area contributed by atoms with Crippen molar-refractivity contribution in [3.8, 4) is 0 Å². The molecule has 0 unspecified atom stereocenters. The zero-order chi connectivity index (χ0) is 15.9. The molecule has 5 heteroatoms. The average Bonchev–Trinajstić information content (AvgIpc) is 2.55. The van der Waals surface area contributed by atoms with Crippen LogP contribution in [0.25, 0.3) is 0 Å². The molecule has 1 saturated carbocycles. The first kappa shape index (κ1) is 16.7. The van der Waals surface area contributed by atoms with E-state index in [9.17, 15) is 9.59 Å². The van der Waals surface area contributed by atoms with Gasteiger partial charge in [0.25, 0.3) is 0 Å². The zero-order valence-electron chi connectivity index (χ0n) is 13.3. The third kappa shape index (κ3) is 4.68. The van der Waals surface area contributed by atoms with Crippen molar-refractivity contribution in [3.63, 3.8) is 0 Å². The summed E-state index contributed by atoms with van der Waals surface area (Å²) in [6.07, 6.45) is 8.75. The van der Waals surface area contributed by atoms with Crippen molar-refractivity contribution in [2.45, 2.75) is 51.4 Å². The van der Waals surface area contributed by atoms with Crippen LogP contribution in [0.15, 0.2) is 11.6 Å². The van der Waals surface area contributed by atoms with E-state index in [4.69, 9.17) is 10.1 Å². The second-order valence-electron chi connectivity index (χ2n) is 6.32. The van der Waals surface area contributed by atoms with Gasteiger partial charge in [0.15, 0.2) is 0 Å². The number of hydrogen-bond acceptors (Lipinski definition) is 4. The highest BCUT2D eigenvalue weighted by Gasteiger charge is 2.27. The lowest BCUT2D eigenvalue weighted by Crippen LogP contribution is -2.33. The van der Waals surface area contributed by atoms with Crippen molar-refractivity contribution in [3.05, 3.63) is 11.6 Å². The number of rotatable bonds is 5. The van der Waals surface area contributed by atoms with Crippen LogP contribution in [0.3, 0.4) is 0 Å². The molecular weight excluding hydrogens is 280 g/mol. The van der Waals surface area contributed by atoms with E-state index in [-0.39, 0.29) is 17.8 Å². The van der Waals surface area contributed by atoms with Gasteiger partial charge < -0.3 is 15.5 Å². The van der Waals surface area contributed by atoms with Crippen molar-refractivity contribution in [1.82, 2.24) is 5.32 Å². The minimum absolute atomic E-state index is 0.00740. The number of allylic oxidation sites excluding steroid dienone is 1. The molecule has 0 radical (unpaired) electrons. The Labute approximate surface area is 132 Å². The third-order valence-corrected chi connectivity index (χ3v) is 4.73. The van der Waals surface area contributed by atoms with Crippen LogP contribution >= 0.6 is 0 Å². The molecule has 2 N–H and O–H groups in total. The second-order valence-corrected chi connectivity index (χ2v) is 6.32. The maximum absolute atomic E-state index is 12.0. The Morgan fingerprint density at radius 1 is 1.32 bits per heavy atom. The molecular formula is C17H26N2O3. The molecule has 5 nitrogen and oxygen atoms in total. The molecule has 2 aliphatic carbocycles. The molecule has 1 amide bonds. The molecule has 1 fully saturated rings. The molecule has 0 saturated heterocycles. The van der Waals surface area contributed by atoms with E-state index in [2.05, 4.69) is 5.32 Å². The first-order chi connectivity index (χ1) is 10.6. The highest BCUT2D eigenvalue weighted by atomic mass is 16.5. The van der Waals surface area contributed by atoms with Gasteiger partial charge in [0.2, 0.25) is 5.91 Å². The Bertz CT molecular complexity index is 463. The summed E-state index contributed by atoms with van der Waals surface area (Å²) in [5.74, 6) is 0.382. The van der Waals surface area contributed by atoms with Gasteiger partial charge in [-0.2, -0.15) is 0 Å². The summed E-state index contributed by atoms with van der Waals surface area (Å²) in [5, 5.41) is 10.8. The topological polar surface area (TPSA) is 79.2 Å². The molecule has 0 aromatic heterocycles. The van der Waals surface area contributed by atoms with Gasteiger partial charge >= 0.3 is 5.97 Å². The van der Waals surface area contributed by atoms with E-state index in [0.29, 0.717) is 24.6 Å². The van der Waals surface area contributed by atoms with Crippen molar-refractivity contribution in [2.24, 2.45) is 11.8 Å². The molecule has 0 bridgehead atoms. The largest absolute Gasteiger partial charge is 0.469 e. The molecule has 0 aliphatic heterocycles. The predicted molar refractivity (Wildman–Crippen MR) is 84.8 cm³/mol. The Hall–Kier alpha value is -1.65. The number of carbonyl (C=O) groups is 2. The molecule has 2 rings (SSSR count). The summed E-state index contributed by atoms with van der Waals surface area (Å²) < 4.78 is 4.78. The summed E-state index contributed by atoms with van der Waals surface area (Å²) in [6, 6.07) is 0. The fraction of sp³-hybridized carbons (Fsp3) is 0.706. The van der Waals surface area contributed by atoms with Gasteiger partial charge in [0.05, 0.1) is 19.4 Å². The predicted octanol–water partition coefficient (Wildman–Crippen LogP) is 2.60. The lowest BCUT2D eigenvalue weighted by molar-refractivity contribution is -0.146. The van der Waals surface area contributed by atoms with Gasteiger partial charge in [-0.05, 0) is 56.4 Å². The van der Waals surface area contributed by atoms with Gasteiger partial charge in [-0.3, -0.25) is 9.59 Å². The maximum Gasteiger partial charge on any atom is 0.308 e. The summed E-state index contributed by atoms with van der Waals surface area (Å²) in [4.78, 5) is 23.5. The van der Waals surface area contributed by atoms with Crippen molar-refractivity contribution in [1.29, 1.82) is 5.41 Å². The quantitative estimate of drug-likeness (QED) is 0.766. The van der Waals surface area contributed by atoms with Crippen molar-refractivity contribution < 1.29 is 14.3 Å². The standard InChI is InChI=1S/C17H26N2O3/c1-22-17(21)13-8-6-12(7-9-13)11-19-16(20)10-14-4-2-3-5-15(14)18/h4,12-13,18H,2-3,5-11H2,1H3,(H,19,20). The molecule has 0 aromatic carbocycles. The summed E-state index contributed by atoms with van der Waals surface area (Å²) in [5.41, 5.74) is 1.50. The number of ether oxygens (including phenoxy) is 1. The van der Waals surface area contributed by atoms with Crippen LogP contribution in [-0.2, 0) is 14.3 Å². The van der Waals surface area contributed by atoms with Crippen LogP contribution in [0.5, 0.6) is 0 Å². The normalized spacial score (nSPS) is 25.3. The van der Waals surface area contributed by atoms with Crippen LogP contribution in [0, 0.1) is 17.2 Å². The van der Waals surface area contributed by atoms with Crippen LogP contribution < -0.4 is 5.32 Å². The van der Waals surface area contributed by atoms with Gasteiger partial charge in [-0.15, -0.1) is 0 Å². The lowest BCUT2D eigenvalue weighted by Gasteiger charge is -2.27. The van der Waals surface area contributed by atoms with E-state index in [1.54, 1.807) is 0 Å². The first-order valence-electron chi connectivity index (χ1n) is 8.21. The van der Waals surface area contributed by atoms with Crippen LogP contribution in [-0.4, -0.2) is 31.2 Å². The van der Waals surface area contributed by atoms with E-state index in [1.165, 1.54) is 7.11 Å². The highest BCUT2D eigenvalue weighted by Crippen LogP contribution is 2.29. The second kappa shape index (κ2) is 8.11. The number of esters is 1. The van der Waals surface area contributed by atoms with Gasteiger partial charge in [0, 0.05) is 12.3 Å². The van der Waals surface area contributed by atoms with E-state index in [0.717, 1.165) is 50.5 Å². The minimum Gasteiger partial charge on any atom is -0.469 e. The smallest absolute Gasteiger partial charge is 0.308 e. The average molecular weight is 306 g/mol. The van der Waals surface area contributed by atoms with Gasteiger partial charge in [0.1, 0.15) is 0 Å². The molecule has 22 heavy (non-hydrogen) atoms. The van der Waals surface area contributed by atoms with E-state index >= 15 is 0 Å². The first-order valence-corrected chi connectivity index (χ1v) is 8.21. The van der Waals surface area contributed by atoms with E-state index in [1.807, 2.05) is 6.08 Å². The van der Waals surface area contributed by atoms with Crippen LogP contribution in [0.2, 0.25) is 0 Å². The molecule has 0 atom stereocenters. The Morgan fingerprint density at radius 3 is 2.68 bits per heavy atom. The number of methoxy groups -OCH3 is 1.